The Kier molecular flexibility index (Phi) is 8.85. The lowest BCUT2D eigenvalue weighted by molar-refractivity contribution is 0.00318. The van der Waals surface area contributed by atoms with Crippen molar-refractivity contribution in [1.29, 1.82) is 0 Å². The van der Waals surface area contributed by atoms with Crippen LogP contribution in [0.25, 0.3) is 16.6 Å². The number of rotatable bonds is 8. The van der Waals surface area contributed by atoms with Crippen molar-refractivity contribution in [2.45, 2.75) is 70.8 Å². The first kappa shape index (κ1) is 31.0. The Morgan fingerprint density at radius 1 is 1.26 bits per heavy atom. The molecule has 1 unspecified atom stereocenters. The van der Waals surface area contributed by atoms with E-state index in [2.05, 4.69) is 62.3 Å². The molecule has 1 aromatic carbocycles. The molecule has 1 fully saturated rings. The monoisotopic (exact) mass is 620 g/mol. The van der Waals surface area contributed by atoms with Crippen LogP contribution >= 0.6 is 11.6 Å². The number of fused-ring (bicyclic) bond motifs is 1. The third kappa shape index (κ3) is 6.57. The molecule has 0 spiro atoms. The third-order valence-electron chi connectivity index (χ3n) is 8.49. The van der Waals surface area contributed by atoms with Gasteiger partial charge >= 0.3 is 0 Å². The maximum absolute atomic E-state index is 10.8. The Labute approximate surface area is 259 Å². The summed E-state index contributed by atoms with van der Waals surface area (Å²) in [4.78, 5) is 9.12. The van der Waals surface area contributed by atoms with Gasteiger partial charge in [0.2, 0.25) is 8.32 Å². The van der Waals surface area contributed by atoms with Gasteiger partial charge in [0.25, 0.3) is 0 Å². The SMILES string of the molecule is CCc1cc(O[Si](C)(C)C(C)(C)C)ccc1N=C(N)c1cnn2cc(-c3cnccc3Cl)cc2c1N[C@H]1COCCC1O. The number of aliphatic hydroxyl groups is 1. The first-order valence-corrected chi connectivity index (χ1v) is 18.0. The van der Waals surface area contributed by atoms with Gasteiger partial charge in [0.1, 0.15) is 11.6 Å². The van der Waals surface area contributed by atoms with E-state index in [0.29, 0.717) is 41.7 Å². The van der Waals surface area contributed by atoms with Crippen molar-refractivity contribution in [3.05, 3.63) is 71.3 Å². The van der Waals surface area contributed by atoms with Gasteiger partial charge in [0.15, 0.2) is 0 Å². The van der Waals surface area contributed by atoms with Crippen molar-refractivity contribution >= 4 is 42.6 Å². The van der Waals surface area contributed by atoms with E-state index >= 15 is 0 Å². The standard InChI is InChI=1S/C32H41ClN6O3Si/c1-7-20-14-22(42-43(5,6)32(2,3)4)8-9-26(20)38-31(34)24-17-36-39-18-21(23-16-35-12-10-25(23)33)15-28(39)30(24)37-27-19-41-13-11-29(27)40/h8-10,12,14-18,27,29,37,40H,7,11,13,19H2,1-6H3,(H2,34,38)/t27-,29?/m0/s1. The molecule has 1 saturated heterocycles. The number of benzene rings is 1. The maximum atomic E-state index is 10.8. The van der Waals surface area contributed by atoms with Crippen LogP contribution in [0.3, 0.4) is 0 Å². The van der Waals surface area contributed by atoms with Crippen LogP contribution in [0.5, 0.6) is 5.75 Å². The molecular formula is C32H41ClN6O3Si. The number of anilines is 1. The molecule has 3 aromatic heterocycles. The Bertz CT molecular complexity index is 1650. The number of nitrogens with one attached hydrogen (secondary N) is 1. The summed E-state index contributed by atoms with van der Waals surface area (Å²) in [5, 5.41) is 19.6. The predicted octanol–water partition coefficient (Wildman–Crippen LogP) is 6.59. The number of aromatic nitrogens is 3. The van der Waals surface area contributed by atoms with E-state index in [9.17, 15) is 5.11 Å². The number of aliphatic hydroxyl groups excluding tert-OH is 1. The maximum Gasteiger partial charge on any atom is 0.250 e. The number of nitrogens with two attached hydrogens (primary N) is 1. The topological polar surface area (TPSA) is 119 Å². The molecule has 0 radical (unpaired) electrons. The molecule has 4 heterocycles. The molecule has 9 nitrogen and oxygen atoms in total. The minimum absolute atomic E-state index is 0.0909. The second-order valence-corrected chi connectivity index (χ2v) is 17.7. The number of pyridine rings is 1. The summed E-state index contributed by atoms with van der Waals surface area (Å²) in [6.45, 7) is 14.1. The number of ether oxygens (including phenoxy) is 1. The lowest BCUT2D eigenvalue weighted by Gasteiger charge is -2.36. The van der Waals surface area contributed by atoms with E-state index < -0.39 is 14.4 Å². The van der Waals surface area contributed by atoms with Crippen LogP contribution < -0.4 is 15.5 Å². The first-order valence-electron chi connectivity index (χ1n) is 14.7. The van der Waals surface area contributed by atoms with Crippen LogP contribution in [0.4, 0.5) is 11.4 Å². The number of hydrogen-bond donors (Lipinski definition) is 3. The fourth-order valence-electron chi connectivity index (χ4n) is 4.85. The second kappa shape index (κ2) is 12.3. The summed E-state index contributed by atoms with van der Waals surface area (Å²) >= 11 is 6.49. The van der Waals surface area contributed by atoms with Gasteiger partial charge in [-0.3, -0.25) is 4.98 Å². The Morgan fingerprint density at radius 3 is 2.74 bits per heavy atom. The molecular weight excluding hydrogens is 580 g/mol. The summed E-state index contributed by atoms with van der Waals surface area (Å²) in [6, 6.07) is 9.41. The van der Waals surface area contributed by atoms with E-state index in [0.717, 1.165) is 40.1 Å². The molecule has 0 amide bonds. The van der Waals surface area contributed by atoms with Gasteiger partial charge in [-0.1, -0.05) is 39.3 Å². The van der Waals surface area contributed by atoms with Crippen molar-refractivity contribution in [1.82, 2.24) is 14.6 Å². The van der Waals surface area contributed by atoms with Crippen LogP contribution in [-0.4, -0.2) is 59.2 Å². The average molecular weight is 621 g/mol. The number of halogens is 1. The van der Waals surface area contributed by atoms with Gasteiger partial charge in [-0.25, -0.2) is 9.51 Å². The molecule has 5 rings (SSSR count). The van der Waals surface area contributed by atoms with Crippen molar-refractivity contribution in [2.75, 3.05) is 18.5 Å². The Morgan fingerprint density at radius 2 is 2.05 bits per heavy atom. The average Bonchev–Trinajstić information content (AvgIpc) is 3.39. The van der Waals surface area contributed by atoms with Gasteiger partial charge < -0.3 is 25.3 Å². The molecule has 1 aliphatic heterocycles. The second-order valence-electron chi connectivity index (χ2n) is 12.5. The number of aliphatic imine (C=N–C) groups is 1. The van der Waals surface area contributed by atoms with E-state index in [1.807, 2.05) is 24.4 Å². The highest BCUT2D eigenvalue weighted by Gasteiger charge is 2.39. The Hall–Kier alpha value is -3.44. The molecule has 0 bridgehead atoms. The van der Waals surface area contributed by atoms with Gasteiger partial charge in [-0.05, 0) is 66.9 Å². The van der Waals surface area contributed by atoms with Gasteiger partial charge in [-0.15, -0.1) is 0 Å². The van der Waals surface area contributed by atoms with Crippen LogP contribution in [0.2, 0.25) is 23.2 Å². The molecule has 2 atom stereocenters. The van der Waals surface area contributed by atoms with Gasteiger partial charge in [0, 0.05) is 36.3 Å². The molecule has 4 N–H and O–H groups in total. The van der Waals surface area contributed by atoms with Crippen LogP contribution in [-0.2, 0) is 11.2 Å². The third-order valence-corrected chi connectivity index (χ3v) is 13.2. The highest BCUT2D eigenvalue weighted by atomic mass is 35.5. The van der Waals surface area contributed by atoms with Crippen molar-refractivity contribution in [3.63, 3.8) is 0 Å². The molecule has 11 heteroatoms. The zero-order valence-electron chi connectivity index (χ0n) is 25.7. The fraction of sp³-hybridized carbons (Fsp3) is 0.406. The number of amidine groups is 1. The molecule has 0 saturated carbocycles. The highest BCUT2D eigenvalue weighted by molar-refractivity contribution is 6.74. The fourth-order valence-corrected chi connectivity index (χ4v) is 6.08. The summed E-state index contributed by atoms with van der Waals surface area (Å²) in [7, 11) is -1.99. The summed E-state index contributed by atoms with van der Waals surface area (Å²) in [5.74, 6) is 1.16. The first-order chi connectivity index (χ1) is 20.4. The number of hydrogen-bond acceptors (Lipinski definition) is 7. The largest absolute Gasteiger partial charge is 0.543 e. The zero-order valence-corrected chi connectivity index (χ0v) is 27.4. The zero-order chi connectivity index (χ0) is 30.9. The van der Waals surface area contributed by atoms with Crippen molar-refractivity contribution in [2.24, 2.45) is 10.7 Å². The van der Waals surface area contributed by atoms with E-state index in [1.54, 1.807) is 29.2 Å². The molecule has 43 heavy (non-hydrogen) atoms. The van der Waals surface area contributed by atoms with E-state index in [1.165, 1.54) is 0 Å². The van der Waals surface area contributed by atoms with Crippen LogP contribution in [0.15, 0.2) is 60.1 Å². The van der Waals surface area contributed by atoms with E-state index in [-0.39, 0.29) is 11.1 Å². The minimum atomic E-state index is -1.99. The summed E-state index contributed by atoms with van der Waals surface area (Å²) in [6.07, 6.45) is 7.70. The molecule has 228 valence electrons. The van der Waals surface area contributed by atoms with Crippen molar-refractivity contribution < 1.29 is 14.3 Å². The smallest absolute Gasteiger partial charge is 0.250 e. The molecule has 1 aliphatic rings. The summed E-state index contributed by atoms with van der Waals surface area (Å²) < 4.78 is 14.0. The number of nitrogens with zero attached hydrogens (tertiary/aromatic N) is 4. The van der Waals surface area contributed by atoms with Gasteiger partial charge in [-0.2, -0.15) is 5.10 Å². The lowest BCUT2D eigenvalue weighted by atomic mass is 10.1. The van der Waals surface area contributed by atoms with Crippen LogP contribution in [0, 0.1) is 0 Å². The minimum Gasteiger partial charge on any atom is -0.543 e. The molecule has 4 aromatic rings. The molecule has 0 aliphatic carbocycles. The quantitative estimate of drug-likeness (QED) is 0.115. The highest BCUT2D eigenvalue weighted by Crippen LogP contribution is 2.39. The van der Waals surface area contributed by atoms with E-state index in [4.69, 9.17) is 31.5 Å². The van der Waals surface area contributed by atoms with Crippen molar-refractivity contribution in [3.8, 4) is 16.9 Å². The lowest BCUT2D eigenvalue weighted by Crippen LogP contribution is -2.43. The van der Waals surface area contributed by atoms with Gasteiger partial charge in [0.05, 0.1) is 52.4 Å². The summed E-state index contributed by atoms with van der Waals surface area (Å²) in [5.41, 5.74) is 12.3. The number of aryl methyl sites for hydroxylation is 1. The predicted molar refractivity (Wildman–Crippen MR) is 176 cm³/mol. The normalized spacial score (nSPS) is 18.2. The van der Waals surface area contributed by atoms with Crippen LogP contribution in [0.1, 0.15) is 45.2 Å². The Balaban J connectivity index is 1.57.